The van der Waals surface area contributed by atoms with Crippen molar-refractivity contribution in [2.75, 3.05) is 18.1 Å². The van der Waals surface area contributed by atoms with Crippen molar-refractivity contribution in [1.82, 2.24) is 16.0 Å². The Morgan fingerprint density at radius 3 is 1.93 bits per heavy atom. The lowest BCUT2D eigenvalue weighted by Gasteiger charge is -2.18. The SMILES string of the molecule is CC(=O)NC(CSSCC(NC(=O)CCC(N)C(=O)O)C(=O)NCC(=O)O)C(=O)O. The number of carbonyl (C=O) groups excluding carboxylic acids is 3. The number of hydrogen-bond acceptors (Lipinski definition) is 9. The molecule has 0 heterocycles. The molecular weight excluding hydrogens is 444 g/mol. The van der Waals surface area contributed by atoms with Gasteiger partial charge in [-0.05, 0) is 6.42 Å². The number of nitrogens with two attached hydrogens (primary N) is 1. The van der Waals surface area contributed by atoms with Crippen LogP contribution in [0.15, 0.2) is 0 Å². The fourth-order valence-electron chi connectivity index (χ4n) is 1.80. The molecule has 3 atom stereocenters. The molecule has 0 aliphatic heterocycles. The number of amides is 3. The van der Waals surface area contributed by atoms with Gasteiger partial charge in [-0.2, -0.15) is 0 Å². The molecule has 0 radical (unpaired) electrons. The highest BCUT2D eigenvalue weighted by Gasteiger charge is 2.24. The summed E-state index contributed by atoms with van der Waals surface area (Å²) in [4.78, 5) is 67.5. The molecule has 0 aliphatic rings. The van der Waals surface area contributed by atoms with E-state index < -0.39 is 60.3 Å². The Labute approximate surface area is 179 Å². The first-order valence-electron chi connectivity index (χ1n) is 8.45. The van der Waals surface area contributed by atoms with Crippen molar-refractivity contribution >= 4 is 57.2 Å². The lowest BCUT2D eigenvalue weighted by atomic mass is 10.1. The predicted molar refractivity (Wildman–Crippen MR) is 108 cm³/mol. The average Bonchev–Trinajstić information content (AvgIpc) is 2.64. The summed E-state index contributed by atoms with van der Waals surface area (Å²) in [7, 11) is 2.06. The highest BCUT2D eigenvalue weighted by molar-refractivity contribution is 8.76. The molecule has 170 valence electrons. The molecule has 0 aromatic heterocycles. The van der Waals surface area contributed by atoms with Crippen molar-refractivity contribution in [1.29, 1.82) is 0 Å². The zero-order chi connectivity index (χ0) is 23.3. The largest absolute Gasteiger partial charge is 0.480 e. The topological polar surface area (TPSA) is 225 Å². The van der Waals surface area contributed by atoms with E-state index in [9.17, 15) is 28.8 Å². The van der Waals surface area contributed by atoms with Crippen LogP contribution in [0.25, 0.3) is 0 Å². The van der Waals surface area contributed by atoms with Crippen molar-refractivity contribution < 1.29 is 44.1 Å². The summed E-state index contributed by atoms with van der Waals surface area (Å²) in [5.41, 5.74) is 5.31. The number of carboxylic acids is 3. The zero-order valence-electron chi connectivity index (χ0n) is 16.0. The van der Waals surface area contributed by atoms with Crippen LogP contribution in [0, 0.1) is 0 Å². The predicted octanol–water partition coefficient (Wildman–Crippen LogP) is -2.17. The lowest BCUT2D eigenvalue weighted by Crippen LogP contribution is -2.49. The van der Waals surface area contributed by atoms with Gasteiger partial charge in [0.1, 0.15) is 24.7 Å². The maximum atomic E-state index is 12.1. The Kier molecular flexibility index (Phi) is 13.2. The number of aliphatic carboxylic acids is 3. The summed E-state index contributed by atoms with van der Waals surface area (Å²) in [5.74, 6) is -5.83. The van der Waals surface area contributed by atoms with Crippen LogP contribution in [0.3, 0.4) is 0 Å². The Morgan fingerprint density at radius 2 is 1.47 bits per heavy atom. The molecule has 3 amide bonds. The van der Waals surface area contributed by atoms with E-state index in [0.717, 1.165) is 21.6 Å². The van der Waals surface area contributed by atoms with E-state index in [2.05, 4.69) is 16.0 Å². The van der Waals surface area contributed by atoms with Crippen LogP contribution < -0.4 is 21.7 Å². The van der Waals surface area contributed by atoms with Crippen molar-refractivity contribution in [3.63, 3.8) is 0 Å². The molecule has 0 aromatic carbocycles. The quantitative estimate of drug-likeness (QED) is 0.101. The number of carboxylic acid groups (broad SMARTS) is 3. The van der Waals surface area contributed by atoms with Crippen LogP contribution >= 0.6 is 21.6 Å². The van der Waals surface area contributed by atoms with E-state index in [1.165, 1.54) is 6.92 Å². The van der Waals surface area contributed by atoms with Crippen molar-refractivity contribution in [3.8, 4) is 0 Å². The van der Waals surface area contributed by atoms with E-state index in [1.54, 1.807) is 0 Å². The van der Waals surface area contributed by atoms with Gasteiger partial charge in [-0.1, -0.05) is 21.6 Å². The van der Waals surface area contributed by atoms with E-state index in [0.29, 0.717) is 0 Å². The monoisotopic (exact) mass is 468 g/mol. The van der Waals surface area contributed by atoms with Crippen LogP contribution in [0.2, 0.25) is 0 Å². The van der Waals surface area contributed by atoms with Gasteiger partial charge in [-0.15, -0.1) is 0 Å². The lowest BCUT2D eigenvalue weighted by molar-refractivity contribution is -0.141. The van der Waals surface area contributed by atoms with Crippen LogP contribution in [0.4, 0.5) is 0 Å². The highest BCUT2D eigenvalue weighted by Crippen LogP contribution is 2.23. The first-order chi connectivity index (χ1) is 13.9. The smallest absolute Gasteiger partial charge is 0.327 e. The maximum absolute atomic E-state index is 12.1. The molecule has 8 N–H and O–H groups in total. The molecule has 0 fully saturated rings. The molecule has 0 saturated heterocycles. The second-order valence-electron chi connectivity index (χ2n) is 5.88. The molecule has 0 bridgehead atoms. The van der Waals surface area contributed by atoms with Gasteiger partial charge < -0.3 is 37.0 Å². The summed E-state index contributed by atoms with van der Waals surface area (Å²) < 4.78 is 0. The molecular formula is C15H24N4O9S2. The van der Waals surface area contributed by atoms with Gasteiger partial charge in [0.2, 0.25) is 17.7 Å². The van der Waals surface area contributed by atoms with Crippen LogP contribution in [-0.4, -0.2) is 87.1 Å². The summed E-state index contributed by atoms with van der Waals surface area (Å²) in [6, 6.07) is -3.55. The van der Waals surface area contributed by atoms with E-state index in [1.807, 2.05) is 0 Å². The van der Waals surface area contributed by atoms with Gasteiger partial charge in [0.05, 0.1) is 0 Å². The molecule has 15 heteroatoms. The Morgan fingerprint density at radius 1 is 0.900 bits per heavy atom. The number of rotatable bonds is 15. The zero-order valence-corrected chi connectivity index (χ0v) is 17.6. The second-order valence-corrected chi connectivity index (χ2v) is 8.43. The van der Waals surface area contributed by atoms with Crippen LogP contribution in [-0.2, 0) is 28.8 Å². The molecule has 0 saturated carbocycles. The van der Waals surface area contributed by atoms with Crippen molar-refractivity contribution in [2.24, 2.45) is 5.73 Å². The van der Waals surface area contributed by atoms with Gasteiger partial charge in [-0.25, -0.2) is 4.79 Å². The maximum Gasteiger partial charge on any atom is 0.327 e. The average molecular weight is 469 g/mol. The summed E-state index contributed by atoms with van der Waals surface area (Å²) in [5, 5.41) is 33.1. The molecule has 0 aliphatic carbocycles. The first-order valence-corrected chi connectivity index (χ1v) is 10.9. The highest BCUT2D eigenvalue weighted by atomic mass is 33.1. The number of carbonyl (C=O) groups is 6. The minimum Gasteiger partial charge on any atom is -0.480 e. The molecule has 0 aromatic rings. The minimum absolute atomic E-state index is 0.0234. The molecule has 0 spiro atoms. The van der Waals surface area contributed by atoms with Crippen LogP contribution in [0.5, 0.6) is 0 Å². The third-order valence-electron chi connectivity index (χ3n) is 3.29. The summed E-state index contributed by atoms with van der Waals surface area (Å²) in [6.45, 7) is 0.499. The Bertz CT molecular complexity index is 662. The molecule has 0 rings (SSSR count). The van der Waals surface area contributed by atoms with Crippen LogP contribution in [0.1, 0.15) is 19.8 Å². The van der Waals surface area contributed by atoms with E-state index in [4.69, 9.17) is 21.1 Å². The van der Waals surface area contributed by atoms with E-state index >= 15 is 0 Å². The van der Waals surface area contributed by atoms with Gasteiger partial charge in [-0.3, -0.25) is 24.0 Å². The van der Waals surface area contributed by atoms with Gasteiger partial charge in [0.15, 0.2) is 0 Å². The minimum atomic E-state index is -1.29. The van der Waals surface area contributed by atoms with Gasteiger partial charge >= 0.3 is 17.9 Å². The summed E-state index contributed by atoms with van der Waals surface area (Å²) >= 11 is 0. The molecule has 3 unspecified atom stereocenters. The Hall–Kier alpha value is -2.52. The van der Waals surface area contributed by atoms with E-state index in [-0.39, 0.29) is 24.3 Å². The fourth-order valence-corrected chi connectivity index (χ4v) is 4.12. The summed E-state index contributed by atoms with van der Waals surface area (Å²) in [6.07, 6.45) is -0.429. The van der Waals surface area contributed by atoms with Gasteiger partial charge in [0.25, 0.3) is 0 Å². The van der Waals surface area contributed by atoms with Gasteiger partial charge in [0, 0.05) is 24.9 Å². The fraction of sp³-hybridized carbons (Fsp3) is 0.600. The Balaban J connectivity index is 4.76. The molecule has 13 nitrogen and oxygen atoms in total. The standard InChI is InChI=1S/C15H24N4O9S2/c1-7(20)18-10(15(27)28)6-30-29-5-9(13(24)17-4-12(22)23)19-11(21)3-2-8(16)14(25)26/h8-10H,2-6,16H2,1H3,(H,17,24)(H,18,20)(H,19,21)(H,22,23)(H,25,26)(H,27,28). The number of hydrogen-bond donors (Lipinski definition) is 7. The molecule has 30 heavy (non-hydrogen) atoms. The second kappa shape index (κ2) is 14.5. The normalized spacial score (nSPS) is 13.4. The third-order valence-corrected chi connectivity index (χ3v) is 5.72. The van der Waals surface area contributed by atoms with Crippen molar-refractivity contribution in [3.05, 3.63) is 0 Å². The first kappa shape index (κ1) is 27.5. The third kappa shape index (κ3) is 12.8. The number of nitrogens with one attached hydrogen (secondary N) is 3. The van der Waals surface area contributed by atoms with Crippen molar-refractivity contribution in [2.45, 2.75) is 37.9 Å².